The minimum atomic E-state index is -0.777. The van der Waals surface area contributed by atoms with E-state index in [1.54, 1.807) is 24.3 Å². The zero-order valence-electron chi connectivity index (χ0n) is 13.1. The highest BCUT2D eigenvalue weighted by Gasteiger charge is 2.13. The number of aliphatic hydroxyl groups is 1. The van der Waals surface area contributed by atoms with Crippen LogP contribution in [0, 0.1) is 0 Å². The summed E-state index contributed by atoms with van der Waals surface area (Å²) in [6.07, 6.45) is 2.60. The number of amides is 2. The van der Waals surface area contributed by atoms with Crippen molar-refractivity contribution in [3.63, 3.8) is 0 Å². The first-order valence-corrected chi connectivity index (χ1v) is 7.53. The summed E-state index contributed by atoms with van der Waals surface area (Å²) in [6, 6.07) is 6.84. The molecule has 0 aliphatic rings. The third kappa shape index (κ3) is 7.08. The molecule has 1 atom stereocenters. The summed E-state index contributed by atoms with van der Waals surface area (Å²) >= 11 is 0. The van der Waals surface area contributed by atoms with Crippen LogP contribution in [0.5, 0.6) is 5.75 Å². The quantitative estimate of drug-likeness (QED) is 0.504. The van der Waals surface area contributed by atoms with Gasteiger partial charge < -0.3 is 20.5 Å². The van der Waals surface area contributed by atoms with Crippen LogP contribution in [0.15, 0.2) is 24.3 Å². The molecular formula is C16H24N2O4. The molecule has 2 amide bonds. The van der Waals surface area contributed by atoms with Crippen LogP contribution in [0.3, 0.4) is 0 Å². The van der Waals surface area contributed by atoms with Crippen LogP contribution in [-0.2, 0) is 9.59 Å². The minimum absolute atomic E-state index is 0.0385. The van der Waals surface area contributed by atoms with Crippen LogP contribution in [-0.4, -0.2) is 36.2 Å². The number of benzene rings is 1. The predicted molar refractivity (Wildman–Crippen MR) is 84.8 cm³/mol. The van der Waals surface area contributed by atoms with Crippen molar-refractivity contribution < 1.29 is 19.4 Å². The highest BCUT2D eigenvalue weighted by molar-refractivity contribution is 6.39. The average Bonchev–Trinajstić information content (AvgIpc) is 2.50. The van der Waals surface area contributed by atoms with Crippen LogP contribution in [0.4, 0.5) is 5.69 Å². The second-order valence-corrected chi connectivity index (χ2v) is 5.09. The SMILES string of the molecule is CCCCCOc1ccc(NC(=O)C(=O)NC[C@H](C)O)cc1. The van der Waals surface area contributed by atoms with Crippen LogP contribution < -0.4 is 15.4 Å². The topological polar surface area (TPSA) is 87.7 Å². The standard InChI is InChI=1S/C16H24N2O4/c1-3-4-5-10-22-14-8-6-13(7-9-14)18-16(21)15(20)17-11-12(2)19/h6-9,12,19H,3-5,10-11H2,1-2H3,(H,17,20)(H,18,21)/t12-/m0/s1. The largest absolute Gasteiger partial charge is 0.494 e. The molecule has 0 aliphatic heterocycles. The first kappa shape index (κ1) is 18.0. The Morgan fingerprint density at radius 2 is 1.86 bits per heavy atom. The molecule has 1 rings (SSSR count). The maximum atomic E-state index is 11.6. The predicted octanol–water partition coefficient (Wildman–Crippen LogP) is 1.69. The van der Waals surface area contributed by atoms with Crippen molar-refractivity contribution in [3.05, 3.63) is 24.3 Å². The highest BCUT2D eigenvalue weighted by Crippen LogP contribution is 2.16. The van der Waals surface area contributed by atoms with Crippen LogP contribution in [0.1, 0.15) is 33.1 Å². The molecule has 0 fully saturated rings. The first-order valence-electron chi connectivity index (χ1n) is 7.53. The number of unbranched alkanes of at least 4 members (excludes halogenated alkanes) is 2. The number of hydrogen-bond donors (Lipinski definition) is 3. The number of nitrogens with one attached hydrogen (secondary N) is 2. The Morgan fingerprint density at radius 3 is 2.45 bits per heavy atom. The van der Waals surface area contributed by atoms with E-state index in [9.17, 15) is 9.59 Å². The molecule has 1 aromatic rings. The van der Waals surface area contributed by atoms with E-state index in [4.69, 9.17) is 9.84 Å². The highest BCUT2D eigenvalue weighted by atomic mass is 16.5. The number of anilines is 1. The molecule has 0 heterocycles. The van der Waals surface area contributed by atoms with Crippen LogP contribution >= 0.6 is 0 Å². The summed E-state index contributed by atoms with van der Waals surface area (Å²) in [6.45, 7) is 4.37. The third-order valence-corrected chi connectivity index (χ3v) is 2.89. The van der Waals surface area contributed by atoms with E-state index in [1.165, 1.54) is 6.92 Å². The molecule has 0 bridgehead atoms. The Hall–Kier alpha value is -2.08. The van der Waals surface area contributed by atoms with Crippen LogP contribution in [0.2, 0.25) is 0 Å². The van der Waals surface area contributed by atoms with Gasteiger partial charge in [-0.15, -0.1) is 0 Å². The van der Waals surface area contributed by atoms with Gasteiger partial charge in [0, 0.05) is 12.2 Å². The van der Waals surface area contributed by atoms with E-state index < -0.39 is 17.9 Å². The van der Waals surface area contributed by atoms with E-state index in [0.717, 1.165) is 25.0 Å². The van der Waals surface area contributed by atoms with Gasteiger partial charge in [0.2, 0.25) is 0 Å². The van der Waals surface area contributed by atoms with E-state index in [2.05, 4.69) is 17.6 Å². The maximum Gasteiger partial charge on any atom is 0.313 e. The molecular weight excluding hydrogens is 284 g/mol. The summed E-state index contributed by atoms with van der Waals surface area (Å²) < 4.78 is 5.56. The molecule has 0 saturated heterocycles. The molecule has 6 nitrogen and oxygen atoms in total. The summed E-state index contributed by atoms with van der Waals surface area (Å²) in [5.74, 6) is -0.814. The zero-order chi connectivity index (χ0) is 16.4. The van der Waals surface area contributed by atoms with Gasteiger partial charge >= 0.3 is 11.8 Å². The molecule has 0 radical (unpaired) electrons. The molecule has 122 valence electrons. The van der Waals surface area contributed by atoms with Gasteiger partial charge in [-0.2, -0.15) is 0 Å². The monoisotopic (exact) mass is 308 g/mol. The third-order valence-electron chi connectivity index (χ3n) is 2.89. The summed E-state index contributed by atoms with van der Waals surface area (Å²) in [5.41, 5.74) is 0.512. The fraction of sp³-hybridized carbons (Fsp3) is 0.500. The lowest BCUT2D eigenvalue weighted by Gasteiger charge is -2.09. The minimum Gasteiger partial charge on any atom is -0.494 e. The van der Waals surface area contributed by atoms with Gasteiger partial charge in [-0.05, 0) is 37.6 Å². The van der Waals surface area contributed by atoms with Crippen molar-refractivity contribution in [1.82, 2.24) is 5.32 Å². The van der Waals surface area contributed by atoms with Crippen molar-refractivity contribution in [3.8, 4) is 5.75 Å². The van der Waals surface area contributed by atoms with Gasteiger partial charge in [-0.25, -0.2) is 0 Å². The summed E-state index contributed by atoms with van der Waals surface area (Å²) in [5, 5.41) is 13.9. The van der Waals surface area contributed by atoms with Gasteiger partial charge in [-0.1, -0.05) is 19.8 Å². The Labute approximate surface area is 130 Å². The van der Waals surface area contributed by atoms with Crippen LogP contribution in [0.25, 0.3) is 0 Å². The smallest absolute Gasteiger partial charge is 0.313 e. The maximum absolute atomic E-state index is 11.6. The molecule has 0 spiro atoms. The van der Waals surface area contributed by atoms with Gasteiger partial charge in [0.05, 0.1) is 12.7 Å². The molecule has 22 heavy (non-hydrogen) atoms. The van der Waals surface area contributed by atoms with Crippen molar-refractivity contribution in [2.75, 3.05) is 18.5 Å². The number of carbonyl (C=O) groups excluding carboxylic acids is 2. The normalized spacial score (nSPS) is 11.6. The summed E-state index contributed by atoms with van der Waals surface area (Å²) in [7, 11) is 0. The number of hydrogen-bond acceptors (Lipinski definition) is 4. The van der Waals surface area contributed by atoms with Crippen molar-refractivity contribution in [2.45, 2.75) is 39.2 Å². The van der Waals surface area contributed by atoms with Crippen molar-refractivity contribution in [2.24, 2.45) is 0 Å². The van der Waals surface area contributed by atoms with E-state index >= 15 is 0 Å². The molecule has 0 saturated carbocycles. The van der Waals surface area contributed by atoms with Gasteiger partial charge in [-0.3, -0.25) is 9.59 Å². The van der Waals surface area contributed by atoms with Gasteiger partial charge in [0.25, 0.3) is 0 Å². The lowest BCUT2D eigenvalue weighted by Crippen LogP contribution is -2.38. The van der Waals surface area contributed by atoms with E-state index in [1.807, 2.05) is 0 Å². The average molecular weight is 308 g/mol. The molecule has 0 aromatic heterocycles. The summed E-state index contributed by atoms with van der Waals surface area (Å²) in [4.78, 5) is 23.1. The number of rotatable bonds is 8. The fourth-order valence-electron chi connectivity index (χ4n) is 1.69. The Balaban J connectivity index is 2.39. The Kier molecular flexibility index (Phi) is 7.99. The molecule has 6 heteroatoms. The van der Waals surface area contributed by atoms with E-state index in [0.29, 0.717) is 12.3 Å². The number of ether oxygens (including phenoxy) is 1. The Morgan fingerprint density at radius 1 is 1.18 bits per heavy atom. The lowest BCUT2D eigenvalue weighted by atomic mass is 10.2. The second kappa shape index (κ2) is 9.78. The van der Waals surface area contributed by atoms with Gasteiger partial charge in [0.15, 0.2) is 0 Å². The number of aliphatic hydroxyl groups excluding tert-OH is 1. The zero-order valence-corrected chi connectivity index (χ0v) is 13.1. The molecule has 3 N–H and O–H groups in total. The van der Waals surface area contributed by atoms with Crippen molar-refractivity contribution in [1.29, 1.82) is 0 Å². The Bertz CT molecular complexity index is 472. The second-order valence-electron chi connectivity index (χ2n) is 5.09. The lowest BCUT2D eigenvalue weighted by molar-refractivity contribution is -0.136. The molecule has 0 aliphatic carbocycles. The van der Waals surface area contributed by atoms with E-state index in [-0.39, 0.29) is 6.54 Å². The van der Waals surface area contributed by atoms with Gasteiger partial charge in [0.1, 0.15) is 5.75 Å². The number of carbonyl (C=O) groups is 2. The first-order chi connectivity index (χ1) is 10.5. The molecule has 1 aromatic carbocycles. The van der Waals surface area contributed by atoms with Crippen molar-refractivity contribution >= 4 is 17.5 Å². The fourth-order valence-corrected chi connectivity index (χ4v) is 1.69. The molecule has 0 unspecified atom stereocenters.